The zero-order valence-electron chi connectivity index (χ0n) is 17.1. The van der Waals surface area contributed by atoms with Crippen LogP contribution in [0.3, 0.4) is 0 Å². The highest BCUT2D eigenvalue weighted by molar-refractivity contribution is 5.91. The van der Waals surface area contributed by atoms with Crippen molar-refractivity contribution in [1.82, 2.24) is 0 Å². The molecule has 2 aliphatic rings. The van der Waals surface area contributed by atoms with Crippen LogP contribution in [0.5, 0.6) is 0 Å². The topological polar surface area (TPSA) is 96.0 Å². The molecule has 7 heteroatoms. The maximum Gasteiger partial charge on any atom is 0.334 e. The maximum absolute atomic E-state index is 12.4. The zero-order chi connectivity index (χ0) is 21.6. The molecule has 1 heterocycles. The molecular formula is C22H28O7. The lowest BCUT2D eigenvalue weighted by Gasteiger charge is -2.28. The lowest BCUT2D eigenvalue weighted by Crippen LogP contribution is -2.35. The lowest BCUT2D eigenvalue weighted by atomic mass is 9.85. The van der Waals surface area contributed by atoms with Crippen molar-refractivity contribution in [3.63, 3.8) is 0 Å². The number of hydrogen-bond acceptors (Lipinski definition) is 7. The quantitative estimate of drug-likeness (QED) is 0.221. The third kappa shape index (κ3) is 5.89. The summed E-state index contributed by atoms with van der Waals surface area (Å²) in [5, 5.41) is 0. The van der Waals surface area contributed by atoms with Gasteiger partial charge in [0, 0.05) is 18.9 Å². The fourth-order valence-corrected chi connectivity index (χ4v) is 3.34. The largest absolute Gasteiger partial charge is 0.461 e. The van der Waals surface area contributed by atoms with Crippen LogP contribution in [-0.4, -0.2) is 43.0 Å². The van der Waals surface area contributed by atoms with Crippen molar-refractivity contribution in [2.24, 2.45) is 11.8 Å². The monoisotopic (exact) mass is 404 g/mol. The number of hydrogen-bond donors (Lipinski definition) is 0. The van der Waals surface area contributed by atoms with Crippen LogP contribution >= 0.6 is 0 Å². The van der Waals surface area contributed by atoms with E-state index in [1.54, 1.807) is 19.1 Å². The molecule has 4 atom stereocenters. The Morgan fingerprint density at radius 1 is 1.41 bits per heavy atom. The molecule has 7 nitrogen and oxygen atoms in total. The third-order valence-corrected chi connectivity index (χ3v) is 5.27. The van der Waals surface area contributed by atoms with E-state index in [4.69, 9.17) is 14.2 Å². The Morgan fingerprint density at radius 2 is 2.14 bits per heavy atom. The van der Waals surface area contributed by atoms with Gasteiger partial charge in [0.15, 0.2) is 0 Å². The van der Waals surface area contributed by atoms with E-state index in [9.17, 15) is 19.2 Å². The molecule has 0 bridgehead atoms. The van der Waals surface area contributed by atoms with Crippen molar-refractivity contribution in [2.75, 3.05) is 6.61 Å². The Morgan fingerprint density at radius 3 is 2.76 bits per heavy atom. The SMILES string of the molecule is C=C1C(=O)O[C@@H]2/C=C(\COC(C)=O)CCC=C(C=O)C[C@H](OC(=O)[C@@H](C)CC)[C@H]12. The van der Waals surface area contributed by atoms with Gasteiger partial charge in [-0.1, -0.05) is 26.5 Å². The number of fused-ring (bicyclic) bond motifs is 1. The second-order valence-corrected chi connectivity index (χ2v) is 7.45. The first-order chi connectivity index (χ1) is 13.8. The molecule has 1 aliphatic carbocycles. The number of rotatable bonds is 6. The number of esters is 3. The van der Waals surface area contributed by atoms with Crippen LogP contribution in [0.1, 0.15) is 46.5 Å². The van der Waals surface area contributed by atoms with Crippen LogP contribution in [0.2, 0.25) is 0 Å². The predicted octanol–water partition coefficient (Wildman–Crippen LogP) is 2.84. The van der Waals surface area contributed by atoms with Gasteiger partial charge < -0.3 is 14.2 Å². The lowest BCUT2D eigenvalue weighted by molar-refractivity contribution is -0.156. The highest BCUT2D eigenvalue weighted by Gasteiger charge is 2.45. The molecule has 1 aliphatic heterocycles. The van der Waals surface area contributed by atoms with Gasteiger partial charge in [-0.2, -0.15) is 0 Å². The van der Waals surface area contributed by atoms with E-state index in [2.05, 4.69) is 6.58 Å². The molecule has 0 aromatic carbocycles. The number of allylic oxidation sites excluding steroid dienone is 1. The molecule has 0 aromatic heterocycles. The van der Waals surface area contributed by atoms with E-state index >= 15 is 0 Å². The average molecular weight is 404 g/mol. The minimum atomic E-state index is -0.763. The Kier molecular flexibility index (Phi) is 7.93. The molecule has 2 rings (SSSR count). The van der Waals surface area contributed by atoms with Crippen LogP contribution in [0.4, 0.5) is 0 Å². The van der Waals surface area contributed by atoms with Gasteiger partial charge in [-0.15, -0.1) is 0 Å². The van der Waals surface area contributed by atoms with Crippen molar-refractivity contribution in [2.45, 2.75) is 58.7 Å². The van der Waals surface area contributed by atoms with Crippen molar-refractivity contribution >= 4 is 24.2 Å². The van der Waals surface area contributed by atoms with Crippen LogP contribution in [-0.2, 0) is 33.4 Å². The normalized spacial score (nSPS) is 27.5. The first kappa shape index (κ1) is 22.6. The summed E-state index contributed by atoms with van der Waals surface area (Å²) in [6.07, 6.45) is 4.65. The molecular weight excluding hydrogens is 376 g/mol. The Labute approximate surface area is 170 Å². The molecule has 0 saturated carbocycles. The minimum absolute atomic E-state index is 0.0597. The number of carbonyl (C=O) groups is 4. The van der Waals surface area contributed by atoms with Crippen LogP contribution < -0.4 is 0 Å². The van der Waals surface area contributed by atoms with E-state index < -0.39 is 36.0 Å². The van der Waals surface area contributed by atoms with Gasteiger partial charge in [-0.05, 0) is 36.5 Å². The summed E-state index contributed by atoms with van der Waals surface area (Å²) >= 11 is 0. The second kappa shape index (κ2) is 10.2. The highest BCUT2D eigenvalue weighted by Crippen LogP contribution is 2.36. The summed E-state index contributed by atoms with van der Waals surface area (Å²) in [6, 6.07) is 0. The Hall–Kier alpha value is -2.70. The Balaban J connectivity index is 2.41. The molecule has 0 spiro atoms. The standard InChI is InChI=1S/C22H28O7/c1-5-13(2)21(25)28-18-9-16(11-23)7-6-8-17(12-27-15(4)24)10-19-20(18)14(3)22(26)29-19/h7,10-11,13,18-20H,3,5-6,8-9,12H2,1-2,4H3/b16-7?,17-10-/t13-,18-,19+,20-/m0/s1. The summed E-state index contributed by atoms with van der Waals surface area (Å²) in [4.78, 5) is 47.4. The van der Waals surface area contributed by atoms with Crippen molar-refractivity contribution in [3.8, 4) is 0 Å². The highest BCUT2D eigenvalue weighted by atomic mass is 16.6. The van der Waals surface area contributed by atoms with Crippen LogP contribution in [0.15, 0.2) is 35.5 Å². The Bertz CT molecular complexity index is 746. The smallest absolute Gasteiger partial charge is 0.334 e. The zero-order valence-corrected chi connectivity index (χ0v) is 17.1. The average Bonchev–Trinajstić information content (AvgIpc) is 2.96. The van der Waals surface area contributed by atoms with E-state index in [1.807, 2.05) is 6.92 Å². The fraction of sp³-hybridized carbons (Fsp3) is 0.545. The molecule has 1 saturated heterocycles. The van der Waals surface area contributed by atoms with Crippen molar-refractivity contribution in [1.29, 1.82) is 0 Å². The van der Waals surface area contributed by atoms with Gasteiger partial charge in [0.05, 0.1) is 11.8 Å². The summed E-state index contributed by atoms with van der Waals surface area (Å²) in [6.45, 7) is 8.85. The third-order valence-electron chi connectivity index (χ3n) is 5.27. The number of aldehydes is 1. The van der Waals surface area contributed by atoms with Crippen molar-refractivity contribution in [3.05, 3.63) is 35.5 Å². The first-order valence-corrected chi connectivity index (χ1v) is 9.84. The molecule has 29 heavy (non-hydrogen) atoms. The van der Waals surface area contributed by atoms with Gasteiger partial charge in [0.25, 0.3) is 0 Å². The van der Waals surface area contributed by atoms with E-state index in [0.717, 1.165) is 11.9 Å². The van der Waals surface area contributed by atoms with E-state index in [0.29, 0.717) is 24.8 Å². The molecule has 0 N–H and O–H groups in total. The van der Waals surface area contributed by atoms with Gasteiger partial charge in [-0.3, -0.25) is 14.4 Å². The molecule has 0 unspecified atom stereocenters. The van der Waals surface area contributed by atoms with Crippen molar-refractivity contribution < 1.29 is 33.4 Å². The molecule has 0 amide bonds. The summed E-state index contributed by atoms with van der Waals surface area (Å²) in [5.41, 5.74) is 1.44. The minimum Gasteiger partial charge on any atom is -0.461 e. The molecule has 1 fully saturated rings. The number of ether oxygens (including phenoxy) is 3. The van der Waals surface area contributed by atoms with Gasteiger partial charge in [-0.25, -0.2) is 4.79 Å². The van der Waals surface area contributed by atoms with Crippen LogP contribution in [0.25, 0.3) is 0 Å². The number of carbonyl (C=O) groups excluding carboxylic acids is 4. The maximum atomic E-state index is 12.4. The first-order valence-electron chi connectivity index (χ1n) is 9.84. The summed E-state index contributed by atoms with van der Waals surface area (Å²) in [5.74, 6) is -2.31. The van der Waals surface area contributed by atoms with Gasteiger partial charge in [0.1, 0.15) is 25.1 Å². The fourth-order valence-electron chi connectivity index (χ4n) is 3.34. The predicted molar refractivity (Wildman–Crippen MR) is 105 cm³/mol. The summed E-state index contributed by atoms with van der Waals surface area (Å²) in [7, 11) is 0. The molecule has 0 radical (unpaired) electrons. The second-order valence-electron chi connectivity index (χ2n) is 7.45. The molecule has 158 valence electrons. The van der Waals surface area contributed by atoms with Crippen LogP contribution in [0, 0.1) is 11.8 Å². The van der Waals surface area contributed by atoms with Gasteiger partial charge >= 0.3 is 17.9 Å². The van der Waals surface area contributed by atoms with E-state index in [1.165, 1.54) is 6.92 Å². The van der Waals surface area contributed by atoms with Gasteiger partial charge in [0.2, 0.25) is 0 Å². The summed E-state index contributed by atoms with van der Waals surface area (Å²) < 4.78 is 16.3. The van der Waals surface area contributed by atoms with E-state index in [-0.39, 0.29) is 24.5 Å². The molecule has 0 aromatic rings.